The monoisotopic (exact) mass is 292 g/mol. The van der Waals surface area contributed by atoms with Crippen molar-refractivity contribution < 1.29 is 4.79 Å². The molecule has 2 aliphatic heterocycles. The lowest BCUT2D eigenvalue weighted by Gasteiger charge is -2.32. The molecule has 0 saturated carbocycles. The van der Waals surface area contributed by atoms with E-state index in [0.29, 0.717) is 5.92 Å². The molecule has 1 N–H and O–H groups in total. The van der Waals surface area contributed by atoms with Crippen LogP contribution in [0.5, 0.6) is 0 Å². The Bertz CT molecular complexity index is 457. The van der Waals surface area contributed by atoms with Crippen molar-refractivity contribution in [3.05, 3.63) is 22.6 Å². The second-order valence-electron chi connectivity index (χ2n) is 6.35. The molecular formula is C16H24N2OS. The number of thioether (sulfide) groups is 1. The van der Waals surface area contributed by atoms with E-state index in [4.69, 9.17) is 0 Å². The van der Waals surface area contributed by atoms with Crippen LogP contribution in [0.25, 0.3) is 0 Å². The minimum atomic E-state index is 0.0691. The summed E-state index contributed by atoms with van der Waals surface area (Å²) < 4.78 is 0. The van der Waals surface area contributed by atoms with Crippen LogP contribution < -0.4 is 5.32 Å². The number of fused-ring (bicyclic) bond motifs is 1. The fourth-order valence-corrected chi connectivity index (χ4v) is 4.48. The molecule has 2 heterocycles. The summed E-state index contributed by atoms with van der Waals surface area (Å²) in [7, 11) is 0. The van der Waals surface area contributed by atoms with Gasteiger partial charge in [0.05, 0.1) is 5.92 Å². The molecule has 4 heteroatoms. The van der Waals surface area contributed by atoms with Gasteiger partial charge in [0.15, 0.2) is 0 Å². The van der Waals surface area contributed by atoms with E-state index in [1.807, 2.05) is 0 Å². The third kappa shape index (κ3) is 2.82. The Morgan fingerprint density at radius 3 is 3.10 bits per heavy atom. The number of carbonyl (C=O) groups is 1. The van der Waals surface area contributed by atoms with Crippen LogP contribution in [0.3, 0.4) is 0 Å². The first-order chi connectivity index (χ1) is 9.67. The third-order valence-electron chi connectivity index (χ3n) is 4.70. The van der Waals surface area contributed by atoms with E-state index in [-0.39, 0.29) is 11.8 Å². The van der Waals surface area contributed by atoms with Gasteiger partial charge in [0.25, 0.3) is 0 Å². The minimum Gasteiger partial charge on any atom is -0.355 e. The molecule has 3 aliphatic rings. The Morgan fingerprint density at radius 1 is 1.50 bits per heavy atom. The average molecular weight is 292 g/mol. The zero-order chi connectivity index (χ0) is 14.1. The van der Waals surface area contributed by atoms with Crippen molar-refractivity contribution in [1.82, 2.24) is 10.2 Å². The molecule has 2 fully saturated rings. The standard InChI is InChI=1S/C16H24N2OS/c1-11-4-3-5-18(9-11)10-12-6-13-14(8-17-16(13)19)15(7-12)20-2/h6-7,11,13-14H,3-5,8-10H2,1-2H3,(H,17,19)/t11-,13?,14?/m0/s1. The van der Waals surface area contributed by atoms with Crippen LogP contribution in [0, 0.1) is 17.8 Å². The van der Waals surface area contributed by atoms with Crippen molar-refractivity contribution >= 4 is 17.7 Å². The van der Waals surface area contributed by atoms with Gasteiger partial charge in [-0.25, -0.2) is 0 Å². The number of nitrogens with zero attached hydrogens (tertiary/aromatic N) is 1. The molecule has 0 spiro atoms. The Hall–Kier alpha value is -0.740. The van der Waals surface area contributed by atoms with E-state index in [9.17, 15) is 4.79 Å². The van der Waals surface area contributed by atoms with Gasteiger partial charge in [-0.1, -0.05) is 13.0 Å². The largest absolute Gasteiger partial charge is 0.355 e. The van der Waals surface area contributed by atoms with E-state index in [1.54, 1.807) is 11.8 Å². The molecule has 1 amide bonds. The maximum Gasteiger partial charge on any atom is 0.227 e. The van der Waals surface area contributed by atoms with Crippen LogP contribution in [0.1, 0.15) is 19.8 Å². The van der Waals surface area contributed by atoms with Gasteiger partial charge in [-0.2, -0.15) is 0 Å². The summed E-state index contributed by atoms with van der Waals surface area (Å²) in [6, 6.07) is 0. The van der Waals surface area contributed by atoms with Gasteiger partial charge in [0, 0.05) is 25.6 Å². The van der Waals surface area contributed by atoms with Gasteiger partial charge >= 0.3 is 0 Å². The van der Waals surface area contributed by atoms with E-state index in [1.165, 1.54) is 36.4 Å². The van der Waals surface area contributed by atoms with E-state index in [0.717, 1.165) is 19.0 Å². The first-order valence-corrected chi connectivity index (χ1v) is 8.86. The smallest absolute Gasteiger partial charge is 0.227 e. The van der Waals surface area contributed by atoms with Crippen LogP contribution >= 0.6 is 11.8 Å². The first-order valence-electron chi connectivity index (χ1n) is 7.63. The van der Waals surface area contributed by atoms with Crippen LogP contribution in [0.2, 0.25) is 0 Å². The fourth-order valence-electron chi connectivity index (χ4n) is 3.67. The summed E-state index contributed by atoms with van der Waals surface area (Å²) in [6.45, 7) is 6.54. The van der Waals surface area contributed by atoms with Gasteiger partial charge in [0.2, 0.25) is 5.91 Å². The molecule has 3 nitrogen and oxygen atoms in total. The summed E-state index contributed by atoms with van der Waals surface area (Å²) in [4.78, 5) is 15.9. The van der Waals surface area contributed by atoms with Crippen LogP contribution in [0.4, 0.5) is 0 Å². The second-order valence-corrected chi connectivity index (χ2v) is 7.23. The molecule has 0 aromatic rings. The number of carbonyl (C=O) groups excluding carboxylic acids is 1. The van der Waals surface area contributed by atoms with E-state index in [2.05, 4.69) is 35.5 Å². The van der Waals surface area contributed by atoms with E-state index >= 15 is 0 Å². The molecule has 0 radical (unpaired) electrons. The van der Waals surface area contributed by atoms with Crippen LogP contribution in [0.15, 0.2) is 22.6 Å². The summed E-state index contributed by atoms with van der Waals surface area (Å²) >= 11 is 1.80. The second kappa shape index (κ2) is 5.94. The van der Waals surface area contributed by atoms with Crippen LogP contribution in [-0.2, 0) is 4.79 Å². The van der Waals surface area contributed by atoms with Gasteiger partial charge < -0.3 is 5.32 Å². The first kappa shape index (κ1) is 14.2. The number of hydrogen-bond acceptors (Lipinski definition) is 3. The van der Waals surface area contributed by atoms with Gasteiger partial charge in [-0.3, -0.25) is 9.69 Å². The highest BCUT2D eigenvalue weighted by molar-refractivity contribution is 8.02. The van der Waals surface area contributed by atoms with E-state index < -0.39 is 0 Å². The Balaban J connectivity index is 1.73. The normalized spacial score (nSPS) is 34.3. The molecule has 110 valence electrons. The van der Waals surface area contributed by atoms with Crippen molar-refractivity contribution in [3.8, 4) is 0 Å². The number of hydrogen-bond donors (Lipinski definition) is 1. The zero-order valence-electron chi connectivity index (χ0n) is 12.4. The highest BCUT2D eigenvalue weighted by Gasteiger charge is 2.37. The lowest BCUT2D eigenvalue weighted by Crippen LogP contribution is -2.36. The molecule has 3 atom stereocenters. The molecule has 0 aromatic heterocycles. The van der Waals surface area contributed by atoms with Gasteiger partial charge in [-0.15, -0.1) is 11.8 Å². The molecule has 1 aliphatic carbocycles. The number of amides is 1. The molecular weight excluding hydrogens is 268 g/mol. The maximum atomic E-state index is 12.0. The summed E-state index contributed by atoms with van der Waals surface area (Å²) in [5.74, 6) is 1.46. The van der Waals surface area contributed by atoms with Crippen LogP contribution in [-0.4, -0.2) is 43.2 Å². The molecule has 0 bridgehead atoms. The molecule has 20 heavy (non-hydrogen) atoms. The lowest BCUT2D eigenvalue weighted by molar-refractivity contribution is -0.121. The van der Waals surface area contributed by atoms with Gasteiger partial charge in [-0.05, 0) is 48.1 Å². The predicted molar refractivity (Wildman–Crippen MR) is 84.5 cm³/mol. The SMILES string of the molecule is CSC1=CC(CN2CCC[C@H](C)C2)=CC2C(=O)NCC12. The molecule has 2 unspecified atom stereocenters. The topological polar surface area (TPSA) is 32.3 Å². The molecule has 3 rings (SSSR count). The Morgan fingerprint density at radius 2 is 2.35 bits per heavy atom. The number of likely N-dealkylation sites (tertiary alicyclic amines) is 1. The van der Waals surface area contributed by atoms with Crippen molar-refractivity contribution in [2.75, 3.05) is 32.4 Å². The van der Waals surface area contributed by atoms with Crippen molar-refractivity contribution in [2.24, 2.45) is 17.8 Å². The summed E-state index contributed by atoms with van der Waals surface area (Å²) in [5.41, 5.74) is 1.33. The van der Waals surface area contributed by atoms with Gasteiger partial charge in [0.1, 0.15) is 0 Å². The quantitative estimate of drug-likeness (QED) is 0.866. The maximum absolute atomic E-state index is 12.0. The summed E-state index contributed by atoms with van der Waals surface area (Å²) in [6.07, 6.45) is 9.32. The molecule has 2 saturated heterocycles. The minimum absolute atomic E-state index is 0.0691. The Labute approximate surface area is 125 Å². The zero-order valence-corrected chi connectivity index (χ0v) is 13.2. The number of piperidine rings is 1. The highest BCUT2D eigenvalue weighted by Crippen LogP contribution is 2.37. The predicted octanol–water partition coefficient (Wildman–Crippen LogP) is 2.27. The molecule has 0 aromatic carbocycles. The summed E-state index contributed by atoms with van der Waals surface area (Å²) in [5, 5.41) is 3.01. The lowest BCUT2D eigenvalue weighted by atomic mass is 9.87. The fraction of sp³-hybridized carbons (Fsp3) is 0.688. The van der Waals surface area contributed by atoms with Crippen molar-refractivity contribution in [3.63, 3.8) is 0 Å². The highest BCUT2D eigenvalue weighted by atomic mass is 32.2. The third-order valence-corrected chi connectivity index (χ3v) is 5.59. The number of rotatable bonds is 3. The van der Waals surface area contributed by atoms with Crippen molar-refractivity contribution in [2.45, 2.75) is 19.8 Å². The number of nitrogens with one attached hydrogen (secondary N) is 1. The van der Waals surface area contributed by atoms with Crippen molar-refractivity contribution in [1.29, 1.82) is 0 Å². The Kier molecular flexibility index (Phi) is 4.22. The average Bonchev–Trinajstić information content (AvgIpc) is 2.80.